The number of hydrogen-bond donors (Lipinski definition) is 1. The maximum Gasteiger partial charge on any atom is 0.178 e. The van der Waals surface area contributed by atoms with E-state index in [1.54, 1.807) is 23.5 Å². The Morgan fingerprint density at radius 1 is 1.25 bits per heavy atom. The van der Waals surface area contributed by atoms with Crippen LogP contribution in [-0.2, 0) is 9.84 Å². The smallest absolute Gasteiger partial charge is 0.178 e. The van der Waals surface area contributed by atoms with Crippen molar-refractivity contribution in [3.8, 4) is 0 Å². The lowest BCUT2D eigenvalue weighted by molar-refractivity contribution is 0.445. The van der Waals surface area contributed by atoms with E-state index >= 15 is 0 Å². The van der Waals surface area contributed by atoms with Crippen LogP contribution in [0.3, 0.4) is 0 Å². The summed E-state index contributed by atoms with van der Waals surface area (Å²) >= 11 is 1.72. The SMILES string of the molecule is C[C@@H](NC1CCS(=O)(=O)c2ccccc21)c1cccs1. The number of hydrogen-bond acceptors (Lipinski definition) is 4. The molecule has 3 rings (SSSR count). The molecular weight excluding hydrogens is 290 g/mol. The predicted molar refractivity (Wildman–Crippen MR) is 81.7 cm³/mol. The van der Waals surface area contributed by atoms with Gasteiger partial charge in [0.25, 0.3) is 0 Å². The van der Waals surface area contributed by atoms with Crippen molar-refractivity contribution in [1.29, 1.82) is 0 Å². The molecule has 0 aliphatic carbocycles. The molecule has 106 valence electrons. The summed E-state index contributed by atoms with van der Waals surface area (Å²) in [6.45, 7) is 2.12. The monoisotopic (exact) mass is 307 g/mol. The van der Waals surface area contributed by atoms with Gasteiger partial charge in [-0.05, 0) is 36.4 Å². The Morgan fingerprint density at radius 2 is 2.05 bits per heavy atom. The highest BCUT2D eigenvalue weighted by Gasteiger charge is 2.30. The largest absolute Gasteiger partial charge is 0.303 e. The molecular formula is C15H17NO2S2. The van der Waals surface area contributed by atoms with Crippen LogP contribution < -0.4 is 5.32 Å². The van der Waals surface area contributed by atoms with Gasteiger partial charge in [0.05, 0.1) is 10.6 Å². The van der Waals surface area contributed by atoms with Gasteiger partial charge in [-0.15, -0.1) is 11.3 Å². The lowest BCUT2D eigenvalue weighted by Gasteiger charge is -2.28. The summed E-state index contributed by atoms with van der Waals surface area (Å²) in [7, 11) is -3.10. The van der Waals surface area contributed by atoms with Crippen molar-refractivity contribution < 1.29 is 8.42 Å². The first-order chi connectivity index (χ1) is 9.58. The van der Waals surface area contributed by atoms with Crippen LogP contribution >= 0.6 is 11.3 Å². The number of nitrogens with one attached hydrogen (secondary N) is 1. The Bertz CT molecular complexity index is 692. The zero-order chi connectivity index (χ0) is 14.2. The summed E-state index contributed by atoms with van der Waals surface area (Å²) in [5, 5.41) is 5.62. The van der Waals surface area contributed by atoms with Gasteiger partial charge in [-0.2, -0.15) is 0 Å². The molecule has 2 atom stereocenters. The number of thiophene rings is 1. The topological polar surface area (TPSA) is 46.2 Å². The molecule has 1 aromatic carbocycles. The van der Waals surface area contributed by atoms with Gasteiger partial charge >= 0.3 is 0 Å². The quantitative estimate of drug-likeness (QED) is 0.946. The Labute approximate surface area is 123 Å². The van der Waals surface area contributed by atoms with E-state index in [0.29, 0.717) is 11.3 Å². The lowest BCUT2D eigenvalue weighted by Crippen LogP contribution is -2.31. The van der Waals surface area contributed by atoms with Gasteiger partial charge < -0.3 is 5.32 Å². The fourth-order valence-electron chi connectivity index (χ4n) is 2.68. The molecule has 0 spiro atoms. The van der Waals surface area contributed by atoms with Crippen LogP contribution in [0.5, 0.6) is 0 Å². The maximum absolute atomic E-state index is 12.1. The molecule has 0 fully saturated rings. The van der Waals surface area contributed by atoms with Crippen molar-refractivity contribution in [2.45, 2.75) is 30.3 Å². The van der Waals surface area contributed by atoms with E-state index in [-0.39, 0.29) is 17.8 Å². The van der Waals surface area contributed by atoms with E-state index in [2.05, 4.69) is 23.7 Å². The highest BCUT2D eigenvalue weighted by molar-refractivity contribution is 7.91. The van der Waals surface area contributed by atoms with Crippen LogP contribution in [0.25, 0.3) is 0 Å². The average molecular weight is 307 g/mol. The first-order valence-electron chi connectivity index (χ1n) is 6.69. The maximum atomic E-state index is 12.1. The summed E-state index contributed by atoms with van der Waals surface area (Å²) in [5.41, 5.74) is 0.905. The second-order valence-electron chi connectivity index (χ2n) is 5.10. The third-order valence-electron chi connectivity index (χ3n) is 3.73. The van der Waals surface area contributed by atoms with Crippen LogP contribution in [0.15, 0.2) is 46.7 Å². The molecule has 0 radical (unpaired) electrons. The third-order valence-corrected chi connectivity index (χ3v) is 6.60. The summed E-state index contributed by atoms with van der Waals surface area (Å²) in [6.07, 6.45) is 0.634. The first-order valence-corrected chi connectivity index (χ1v) is 9.22. The Morgan fingerprint density at radius 3 is 2.80 bits per heavy atom. The number of sulfone groups is 1. The predicted octanol–water partition coefficient (Wildman–Crippen LogP) is 3.32. The van der Waals surface area contributed by atoms with Gasteiger partial charge in [0.15, 0.2) is 9.84 Å². The lowest BCUT2D eigenvalue weighted by atomic mass is 10.0. The van der Waals surface area contributed by atoms with E-state index in [4.69, 9.17) is 0 Å². The van der Waals surface area contributed by atoms with E-state index in [0.717, 1.165) is 5.56 Å². The Balaban J connectivity index is 1.89. The van der Waals surface area contributed by atoms with Crippen molar-refractivity contribution in [2.75, 3.05) is 5.75 Å². The average Bonchev–Trinajstić information content (AvgIpc) is 2.96. The molecule has 0 saturated heterocycles. The second-order valence-corrected chi connectivity index (χ2v) is 8.16. The molecule has 2 heterocycles. The fraction of sp³-hybridized carbons (Fsp3) is 0.333. The van der Waals surface area contributed by atoms with E-state index in [1.807, 2.05) is 18.2 Å². The summed E-state index contributed by atoms with van der Waals surface area (Å²) < 4.78 is 24.2. The molecule has 0 saturated carbocycles. The van der Waals surface area contributed by atoms with E-state index < -0.39 is 9.84 Å². The third kappa shape index (κ3) is 2.53. The molecule has 1 aromatic heterocycles. The summed E-state index contributed by atoms with van der Waals surface area (Å²) in [4.78, 5) is 1.76. The van der Waals surface area contributed by atoms with Gasteiger partial charge in [0.1, 0.15) is 0 Å². The molecule has 0 amide bonds. The van der Waals surface area contributed by atoms with Crippen LogP contribution in [-0.4, -0.2) is 14.2 Å². The number of benzene rings is 1. The molecule has 1 aliphatic heterocycles. The van der Waals surface area contributed by atoms with Crippen LogP contribution in [0.2, 0.25) is 0 Å². The minimum absolute atomic E-state index is 0.104. The molecule has 1 unspecified atom stereocenters. The van der Waals surface area contributed by atoms with E-state index in [1.165, 1.54) is 4.88 Å². The molecule has 2 aromatic rings. The van der Waals surface area contributed by atoms with Crippen molar-refractivity contribution in [3.63, 3.8) is 0 Å². The summed E-state index contributed by atoms with van der Waals surface area (Å²) in [6, 6.07) is 11.8. The van der Waals surface area contributed by atoms with Crippen LogP contribution in [0.4, 0.5) is 0 Å². The van der Waals surface area contributed by atoms with Crippen molar-refractivity contribution in [1.82, 2.24) is 5.32 Å². The molecule has 1 N–H and O–H groups in total. The molecule has 5 heteroatoms. The zero-order valence-electron chi connectivity index (χ0n) is 11.2. The highest BCUT2D eigenvalue weighted by Crippen LogP contribution is 2.34. The van der Waals surface area contributed by atoms with Crippen molar-refractivity contribution in [3.05, 3.63) is 52.2 Å². The molecule has 20 heavy (non-hydrogen) atoms. The van der Waals surface area contributed by atoms with Crippen LogP contribution in [0.1, 0.15) is 35.9 Å². The minimum atomic E-state index is -3.10. The zero-order valence-corrected chi connectivity index (χ0v) is 12.9. The van der Waals surface area contributed by atoms with Gasteiger partial charge in [0.2, 0.25) is 0 Å². The van der Waals surface area contributed by atoms with Gasteiger partial charge in [-0.1, -0.05) is 24.3 Å². The Kier molecular flexibility index (Phi) is 3.67. The van der Waals surface area contributed by atoms with Crippen molar-refractivity contribution in [2.24, 2.45) is 0 Å². The number of rotatable bonds is 3. The number of fused-ring (bicyclic) bond motifs is 1. The Hall–Kier alpha value is -1.17. The van der Waals surface area contributed by atoms with E-state index in [9.17, 15) is 8.42 Å². The standard InChI is InChI=1S/C15H17NO2S2/c1-11(14-6-4-9-19-14)16-13-8-10-20(17,18)15-7-3-2-5-12(13)15/h2-7,9,11,13,16H,8,10H2,1H3/t11-,13?/m1/s1. The van der Waals surface area contributed by atoms with Crippen molar-refractivity contribution >= 4 is 21.2 Å². The fourth-order valence-corrected chi connectivity index (χ4v) is 5.05. The van der Waals surface area contributed by atoms with Gasteiger partial charge in [-0.3, -0.25) is 0 Å². The van der Waals surface area contributed by atoms with Crippen LogP contribution in [0, 0.1) is 0 Å². The second kappa shape index (κ2) is 5.31. The normalized spacial score (nSPS) is 22.1. The molecule has 0 bridgehead atoms. The highest BCUT2D eigenvalue weighted by atomic mass is 32.2. The van der Waals surface area contributed by atoms with Gasteiger partial charge in [-0.25, -0.2) is 8.42 Å². The van der Waals surface area contributed by atoms with Gasteiger partial charge in [0, 0.05) is 17.0 Å². The minimum Gasteiger partial charge on any atom is -0.303 e. The summed E-state index contributed by atoms with van der Waals surface area (Å²) in [5.74, 6) is 0.221. The molecule has 1 aliphatic rings. The first kappa shape index (κ1) is 13.8. The molecule has 3 nitrogen and oxygen atoms in total.